The molecule has 0 amide bonds. The number of hydrogen-bond acceptors (Lipinski definition) is 3. The van der Waals surface area contributed by atoms with E-state index in [0.29, 0.717) is 22.2 Å². The van der Waals surface area contributed by atoms with Gasteiger partial charge in [-0.3, -0.25) is 9.48 Å². The van der Waals surface area contributed by atoms with Gasteiger partial charge in [0, 0.05) is 17.0 Å². The highest BCUT2D eigenvalue weighted by Gasteiger charge is 2.14. The zero-order valence-electron chi connectivity index (χ0n) is 11.2. The Labute approximate surface area is 132 Å². The van der Waals surface area contributed by atoms with Gasteiger partial charge >= 0.3 is 0 Å². The Morgan fingerprint density at radius 2 is 2.15 bits per heavy atom. The van der Waals surface area contributed by atoms with Crippen molar-refractivity contribution in [3.8, 4) is 0 Å². The highest BCUT2D eigenvalue weighted by molar-refractivity contribution is 8.00. The Morgan fingerprint density at radius 3 is 2.75 bits per heavy atom. The fraction of sp³-hybridized carbons (Fsp3) is 0.286. The minimum absolute atomic E-state index is 0.111. The highest BCUT2D eigenvalue weighted by Crippen LogP contribution is 2.23. The fourth-order valence-corrected chi connectivity index (χ4v) is 3.13. The molecular formula is C14H14Cl2N2OS. The molecule has 0 atom stereocenters. The Morgan fingerprint density at radius 1 is 1.40 bits per heavy atom. The molecule has 0 aliphatic carbocycles. The molecule has 0 saturated heterocycles. The lowest BCUT2D eigenvalue weighted by atomic mass is 10.2. The predicted molar refractivity (Wildman–Crippen MR) is 83.8 cm³/mol. The van der Waals surface area contributed by atoms with E-state index in [0.717, 1.165) is 16.3 Å². The molecule has 106 valence electrons. The second-order valence-corrected chi connectivity index (χ2v) is 6.29. The van der Waals surface area contributed by atoms with Crippen LogP contribution in [0, 0.1) is 6.92 Å². The monoisotopic (exact) mass is 328 g/mol. The smallest absolute Gasteiger partial charge is 0.149 e. The summed E-state index contributed by atoms with van der Waals surface area (Å²) in [4.78, 5) is 13.0. The van der Waals surface area contributed by atoms with Crippen molar-refractivity contribution in [1.82, 2.24) is 9.78 Å². The zero-order valence-corrected chi connectivity index (χ0v) is 13.5. The van der Waals surface area contributed by atoms with Crippen LogP contribution in [-0.2, 0) is 18.3 Å². The standard InChI is InChI=1S/C14H14Cl2N2OS/c1-9-14(16)13(18(2)17-9)7-11(19)8-20-12-5-3-4-10(15)6-12/h3-6H,7-8H2,1-2H3. The van der Waals surface area contributed by atoms with E-state index in [1.54, 1.807) is 11.7 Å². The van der Waals surface area contributed by atoms with Gasteiger partial charge in [-0.15, -0.1) is 11.8 Å². The van der Waals surface area contributed by atoms with E-state index in [4.69, 9.17) is 23.2 Å². The van der Waals surface area contributed by atoms with E-state index < -0.39 is 0 Å². The van der Waals surface area contributed by atoms with E-state index in [-0.39, 0.29) is 5.78 Å². The normalized spacial score (nSPS) is 10.8. The molecule has 0 fully saturated rings. The molecule has 0 bridgehead atoms. The van der Waals surface area contributed by atoms with Crippen molar-refractivity contribution in [2.24, 2.45) is 7.05 Å². The second kappa shape index (κ2) is 6.66. The van der Waals surface area contributed by atoms with Crippen LogP contribution in [0.5, 0.6) is 0 Å². The first-order valence-corrected chi connectivity index (χ1v) is 7.79. The summed E-state index contributed by atoms with van der Waals surface area (Å²) in [5, 5.41) is 5.45. The first-order valence-electron chi connectivity index (χ1n) is 6.05. The van der Waals surface area contributed by atoms with Gasteiger partial charge in [0.15, 0.2) is 0 Å². The maximum Gasteiger partial charge on any atom is 0.149 e. The maximum atomic E-state index is 12.0. The van der Waals surface area contributed by atoms with Gasteiger partial charge in [0.2, 0.25) is 0 Å². The summed E-state index contributed by atoms with van der Waals surface area (Å²) >= 11 is 13.5. The molecule has 1 aromatic heterocycles. The molecule has 0 saturated carbocycles. The number of Topliss-reactive ketones (excluding diaryl/α,β-unsaturated/α-hetero) is 1. The third-order valence-electron chi connectivity index (χ3n) is 2.82. The molecule has 0 unspecified atom stereocenters. The van der Waals surface area contributed by atoms with E-state index in [9.17, 15) is 4.79 Å². The molecule has 0 spiro atoms. The number of rotatable bonds is 5. The van der Waals surface area contributed by atoms with Crippen molar-refractivity contribution < 1.29 is 4.79 Å². The summed E-state index contributed by atoms with van der Waals surface area (Å²) in [6.07, 6.45) is 0.295. The number of hydrogen-bond donors (Lipinski definition) is 0. The van der Waals surface area contributed by atoms with Crippen molar-refractivity contribution in [2.75, 3.05) is 5.75 Å². The van der Waals surface area contributed by atoms with Gasteiger partial charge in [0.05, 0.1) is 28.6 Å². The molecule has 0 aliphatic heterocycles. The van der Waals surface area contributed by atoms with Gasteiger partial charge in [-0.25, -0.2) is 0 Å². The molecule has 20 heavy (non-hydrogen) atoms. The zero-order chi connectivity index (χ0) is 14.7. The number of thioether (sulfide) groups is 1. The molecule has 0 N–H and O–H groups in total. The predicted octanol–water partition coefficient (Wildman–Crippen LogP) is 3.94. The Hall–Kier alpha value is -0.970. The first-order chi connectivity index (χ1) is 9.47. The molecule has 2 aromatic rings. The van der Waals surface area contributed by atoms with Crippen molar-refractivity contribution in [1.29, 1.82) is 0 Å². The van der Waals surface area contributed by atoms with Crippen molar-refractivity contribution in [3.05, 3.63) is 45.7 Å². The average Bonchev–Trinajstić information content (AvgIpc) is 2.63. The summed E-state index contributed by atoms with van der Waals surface area (Å²) < 4.78 is 1.67. The number of carbonyl (C=O) groups is 1. The summed E-state index contributed by atoms with van der Waals surface area (Å²) in [5.74, 6) is 0.501. The molecule has 6 heteroatoms. The number of aromatic nitrogens is 2. The number of carbonyl (C=O) groups excluding carboxylic acids is 1. The van der Waals surface area contributed by atoms with Gasteiger partial charge < -0.3 is 0 Å². The van der Waals surface area contributed by atoms with Crippen LogP contribution in [0.25, 0.3) is 0 Å². The Kier molecular flexibility index (Phi) is 5.13. The van der Waals surface area contributed by atoms with E-state index in [2.05, 4.69) is 5.10 Å². The number of aryl methyl sites for hydroxylation is 2. The number of nitrogens with zero attached hydrogens (tertiary/aromatic N) is 2. The molecule has 2 rings (SSSR count). The number of ketones is 1. The third-order valence-corrected chi connectivity index (χ3v) is 4.60. The van der Waals surface area contributed by atoms with E-state index in [1.165, 1.54) is 11.8 Å². The second-order valence-electron chi connectivity index (χ2n) is 4.43. The summed E-state index contributed by atoms with van der Waals surface area (Å²) in [5.41, 5.74) is 1.51. The SMILES string of the molecule is Cc1nn(C)c(CC(=O)CSc2cccc(Cl)c2)c1Cl. The molecule has 0 radical (unpaired) electrons. The molecule has 0 aliphatic rings. The largest absolute Gasteiger partial charge is 0.298 e. The lowest BCUT2D eigenvalue weighted by molar-refractivity contribution is -0.116. The van der Waals surface area contributed by atoms with Gasteiger partial charge in [0.1, 0.15) is 5.78 Å². The van der Waals surface area contributed by atoms with Gasteiger partial charge in [-0.05, 0) is 25.1 Å². The van der Waals surface area contributed by atoms with Crippen LogP contribution < -0.4 is 0 Å². The highest BCUT2D eigenvalue weighted by atomic mass is 35.5. The van der Waals surface area contributed by atoms with Crippen molar-refractivity contribution >= 4 is 40.7 Å². The van der Waals surface area contributed by atoms with Crippen LogP contribution in [0.4, 0.5) is 0 Å². The summed E-state index contributed by atoms with van der Waals surface area (Å²) in [7, 11) is 1.80. The fourth-order valence-electron chi connectivity index (χ4n) is 1.83. The summed E-state index contributed by atoms with van der Waals surface area (Å²) in [6, 6.07) is 7.47. The van der Waals surface area contributed by atoms with Gasteiger partial charge in [-0.2, -0.15) is 5.10 Å². The lowest BCUT2D eigenvalue weighted by Gasteiger charge is -2.03. The lowest BCUT2D eigenvalue weighted by Crippen LogP contribution is -2.10. The van der Waals surface area contributed by atoms with Gasteiger partial charge in [0.25, 0.3) is 0 Å². The third kappa shape index (κ3) is 3.78. The average molecular weight is 329 g/mol. The maximum absolute atomic E-state index is 12.0. The Bertz CT molecular complexity index is 640. The van der Waals surface area contributed by atoms with Crippen LogP contribution in [0.3, 0.4) is 0 Å². The van der Waals surface area contributed by atoms with E-state index in [1.807, 2.05) is 31.2 Å². The van der Waals surface area contributed by atoms with Crippen LogP contribution in [0.1, 0.15) is 11.4 Å². The molecule has 1 heterocycles. The molecular weight excluding hydrogens is 315 g/mol. The van der Waals surface area contributed by atoms with E-state index >= 15 is 0 Å². The van der Waals surface area contributed by atoms with Crippen molar-refractivity contribution in [2.45, 2.75) is 18.2 Å². The van der Waals surface area contributed by atoms with Crippen LogP contribution in [0.2, 0.25) is 10.0 Å². The number of benzene rings is 1. The molecule has 1 aromatic carbocycles. The minimum Gasteiger partial charge on any atom is -0.298 e. The van der Waals surface area contributed by atoms with Crippen LogP contribution in [-0.4, -0.2) is 21.3 Å². The summed E-state index contributed by atoms with van der Waals surface area (Å²) in [6.45, 7) is 1.83. The number of halogens is 2. The Balaban J connectivity index is 1.96. The van der Waals surface area contributed by atoms with Crippen LogP contribution in [0.15, 0.2) is 29.2 Å². The topological polar surface area (TPSA) is 34.9 Å². The molecule has 3 nitrogen and oxygen atoms in total. The van der Waals surface area contributed by atoms with Crippen LogP contribution >= 0.6 is 35.0 Å². The quantitative estimate of drug-likeness (QED) is 0.780. The minimum atomic E-state index is 0.111. The van der Waals surface area contributed by atoms with Crippen molar-refractivity contribution in [3.63, 3.8) is 0 Å². The first kappa shape index (κ1) is 15.4. The van der Waals surface area contributed by atoms with Gasteiger partial charge in [-0.1, -0.05) is 29.3 Å².